The Morgan fingerprint density at radius 1 is 1.36 bits per heavy atom. The van der Waals surface area contributed by atoms with Gasteiger partial charge in [-0.3, -0.25) is 0 Å². The molecular weight excluding hydrogens is 164 g/mol. The second kappa shape index (κ2) is 2.75. The van der Waals surface area contributed by atoms with Crippen molar-refractivity contribution < 1.29 is 0 Å². The third kappa shape index (κ3) is 1.25. The van der Waals surface area contributed by atoms with Gasteiger partial charge in [0.15, 0.2) is 5.65 Å². The molecule has 0 aliphatic carbocycles. The molecule has 0 bridgehead atoms. The van der Waals surface area contributed by atoms with Gasteiger partial charge in [0, 0.05) is 0 Å². The molecule has 11 heavy (non-hydrogen) atoms. The van der Waals surface area contributed by atoms with Gasteiger partial charge in [0.1, 0.15) is 5.82 Å². The summed E-state index contributed by atoms with van der Waals surface area (Å²) in [6.07, 6.45) is 1.59. The predicted molar refractivity (Wildman–Crippen MR) is 45.5 cm³/mol. The molecule has 2 aromatic heterocycles. The Kier molecular flexibility index (Phi) is 1.96. The molecule has 0 aromatic carbocycles. The summed E-state index contributed by atoms with van der Waals surface area (Å²) in [5.74, 6) is 0.500. The number of fused-ring (bicyclic) bond motifs is 1. The van der Waals surface area contributed by atoms with Crippen LogP contribution in [0, 0.1) is 0 Å². The Labute approximate surface area is 69.3 Å². The van der Waals surface area contributed by atoms with Crippen molar-refractivity contribution in [3.05, 3.63) is 18.5 Å². The van der Waals surface area contributed by atoms with Crippen LogP contribution in [-0.4, -0.2) is 15.0 Å². The molecule has 5 heteroatoms. The van der Waals surface area contributed by atoms with Crippen LogP contribution in [0.5, 0.6) is 0 Å². The number of anilines is 1. The molecule has 0 radical (unpaired) electrons. The average Bonchev–Trinajstić information content (AvgIpc) is 2.33. The quantitative estimate of drug-likeness (QED) is 0.619. The summed E-state index contributed by atoms with van der Waals surface area (Å²) >= 11 is 0. The molecule has 0 atom stereocenters. The summed E-state index contributed by atoms with van der Waals surface area (Å²) in [5.41, 5.74) is 7.00. The highest BCUT2D eigenvalue weighted by molar-refractivity contribution is 5.85. The first-order valence-electron chi connectivity index (χ1n) is 2.92. The zero-order valence-electron chi connectivity index (χ0n) is 5.61. The van der Waals surface area contributed by atoms with E-state index in [0.717, 1.165) is 5.52 Å². The maximum atomic E-state index is 5.42. The number of nitrogen functional groups attached to an aromatic ring is 1. The van der Waals surface area contributed by atoms with Gasteiger partial charge in [-0.25, -0.2) is 9.97 Å². The van der Waals surface area contributed by atoms with E-state index in [1.807, 2.05) is 6.07 Å². The van der Waals surface area contributed by atoms with Crippen molar-refractivity contribution in [3.63, 3.8) is 0 Å². The van der Waals surface area contributed by atoms with E-state index in [4.69, 9.17) is 5.73 Å². The first kappa shape index (κ1) is 7.81. The molecule has 0 saturated heterocycles. The van der Waals surface area contributed by atoms with Gasteiger partial charge >= 0.3 is 0 Å². The number of pyridine rings is 1. The number of aromatic amines is 1. The molecule has 0 fully saturated rings. The summed E-state index contributed by atoms with van der Waals surface area (Å²) in [4.78, 5) is 10.8. The fraction of sp³-hybridized carbons (Fsp3) is 0. The van der Waals surface area contributed by atoms with Crippen molar-refractivity contribution in [1.29, 1.82) is 0 Å². The zero-order chi connectivity index (χ0) is 6.97. The van der Waals surface area contributed by atoms with Gasteiger partial charge in [-0.15, -0.1) is 12.4 Å². The molecule has 0 saturated carbocycles. The number of nitrogens with zero attached hydrogens (tertiary/aromatic N) is 2. The molecule has 2 heterocycles. The number of rotatable bonds is 0. The fourth-order valence-corrected chi connectivity index (χ4v) is 0.837. The molecule has 0 aliphatic heterocycles. The first-order chi connectivity index (χ1) is 4.86. The number of imidazole rings is 1. The van der Waals surface area contributed by atoms with Gasteiger partial charge in [0.05, 0.1) is 11.8 Å². The number of aromatic nitrogens is 3. The van der Waals surface area contributed by atoms with Crippen molar-refractivity contribution in [1.82, 2.24) is 15.0 Å². The van der Waals surface area contributed by atoms with Crippen LogP contribution in [0.2, 0.25) is 0 Å². The number of nitrogens with two attached hydrogens (primary N) is 1. The standard InChI is InChI=1S/C6H6N4.ClH/c7-5-2-1-4-6(10-5)9-3-8-4;/h1-3H,(H3,7,8,9,10);1H. The Morgan fingerprint density at radius 3 is 3.00 bits per heavy atom. The smallest absolute Gasteiger partial charge is 0.179 e. The minimum Gasteiger partial charge on any atom is -0.384 e. The van der Waals surface area contributed by atoms with Crippen LogP contribution in [0.3, 0.4) is 0 Å². The van der Waals surface area contributed by atoms with Crippen LogP contribution < -0.4 is 5.73 Å². The second-order valence-electron chi connectivity index (χ2n) is 2.01. The van der Waals surface area contributed by atoms with E-state index in [2.05, 4.69) is 15.0 Å². The topological polar surface area (TPSA) is 67.6 Å². The second-order valence-corrected chi connectivity index (χ2v) is 2.01. The van der Waals surface area contributed by atoms with Crippen LogP contribution in [0.15, 0.2) is 18.5 Å². The Bertz CT molecular complexity index is 356. The van der Waals surface area contributed by atoms with Crippen LogP contribution in [0.25, 0.3) is 11.2 Å². The highest BCUT2D eigenvalue weighted by Crippen LogP contribution is 2.06. The van der Waals surface area contributed by atoms with E-state index < -0.39 is 0 Å². The lowest BCUT2D eigenvalue weighted by atomic mass is 10.4. The summed E-state index contributed by atoms with van der Waals surface area (Å²) in [6.45, 7) is 0. The Hall–Kier alpha value is -1.29. The minimum absolute atomic E-state index is 0. The third-order valence-corrected chi connectivity index (χ3v) is 1.30. The van der Waals surface area contributed by atoms with Gasteiger partial charge in [0.2, 0.25) is 0 Å². The van der Waals surface area contributed by atoms with Crippen LogP contribution in [-0.2, 0) is 0 Å². The fourth-order valence-electron chi connectivity index (χ4n) is 0.837. The van der Waals surface area contributed by atoms with E-state index in [1.165, 1.54) is 0 Å². The molecule has 0 spiro atoms. The van der Waals surface area contributed by atoms with E-state index in [0.29, 0.717) is 11.5 Å². The van der Waals surface area contributed by atoms with Crippen LogP contribution in [0.4, 0.5) is 5.82 Å². The van der Waals surface area contributed by atoms with Crippen molar-refractivity contribution in [3.8, 4) is 0 Å². The zero-order valence-corrected chi connectivity index (χ0v) is 6.43. The molecule has 58 valence electrons. The van der Waals surface area contributed by atoms with Gasteiger partial charge in [-0.1, -0.05) is 0 Å². The molecule has 0 unspecified atom stereocenters. The Balaban J connectivity index is 0.000000605. The van der Waals surface area contributed by atoms with Crippen molar-refractivity contribution >= 4 is 29.4 Å². The summed E-state index contributed by atoms with van der Waals surface area (Å²) in [5, 5.41) is 0. The summed E-state index contributed by atoms with van der Waals surface area (Å²) in [7, 11) is 0. The lowest BCUT2D eigenvalue weighted by Crippen LogP contribution is -1.88. The van der Waals surface area contributed by atoms with E-state index in [1.54, 1.807) is 12.4 Å². The predicted octanol–water partition coefficient (Wildman–Crippen LogP) is 0.962. The van der Waals surface area contributed by atoms with Gasteiger partial charge in [-0.05, 0) is 12.1 Å². The monoisotopic (exact) mass is 170 g/mol. The molecule has 2 aromatic rings. The van der Waals surface area contributed by atoms with Gasteiger partial charge in [-0.2, -0.15) is 0 Å². The van der Waals surface area contributed by atoms with E-state index in [9.17, 15) is 0 Å². The molecule has 0 aliphatic rings. The minimum atomic E-state index is 0. The highest BCUT2D eigenvalue weighted by atomic mass is 35.5. The molecule has 4 nitrogen and oxygen atoms in total. The average molecular weight is 171 g/mol. The lowest BCUT2D eigenvalue weighted by Gasteiger charge is -1.88. The number of hydrogen-bond donors (Lipinski definition) is 2. The van der Waals surface area contributed by atoms with E-state index in [-0.39, 0.29) is 12.4 Å². The maximum absolute atomic E-state index is 5.42. The Morgan fingerprint density at radius 2 is 2.18 bits per heavy atom. The number of nitrogens with one attached hydrogen (secondary N) is 1. The molecule has 0 amide bonds. The first-order valence-corrected chi connectivity index (χ1v) is 2.92. The van der Waals surface area contributed by atoms with Gasteiger partial charge < -0.3 is 10.7 Å². The summed E-state index contributed by atoms with van der Waals surface area (Å²) < 4.78 is 0. The van der Waals surface area contributed by atoms with Crippen molar-refractivity contribution in [2.24, 2.45) is 0 Å². The largest absolute Gasteiger partial charge is 0.384 e. The molecular formula is C6H7ClN4. The number of H-pyrrole nitrogens is 1. The maximum Gasteiger partial charge on any atom is 0.179 e. The van der Waals surface area contributed by atoms with Crippen LogP contribution >= 0.6 is 12.4 Å². The van der Waals surface area contributed by atoms with Crippen molar-refractivity contribution in [2.45, 2.75) is 0 Å². The van der Waals surface area contributed by atoms with Crippen molar-refractivity contribution in [2.75, 3.05) is 5.73 Å². The van der Waals surface area contributed by atoms with Crippen LogP contribution in [0.1, 0.15) is 0 Å². The molecule has 2 rings (SSSR count). The molecule has 3 N–H and O–H groups in total. The number of halogens is 1. The lowest BCUT2D eigenvalue weighted by molar-refractivity contribution is 1.31. The highest BCUT2D eigenvalue weighted by Gasteiger charge is 1.94. The van der Waals surface area contributed by atoms with E-state index >= 15 is 0 Å². The third-order valence-electron chi connectivity index (χ3n) is 1.30. The van der Waals surface area contributed by atoms with Gasteiger partial charge in [0.25, 0.3) is 0 Å². The normalized spacial score (nSPS) is 9.45. The number of hydrogen-bond acceptors (Lipinski definition) is 3. The summed E-state index contributed by atoms with van der Waals surface area (Å²) in [6, 6.07) is 3.59. The SMILES string of the molecule is Cl.Nc1ccc2[nH]cnc2n1.